The van der Waals surface area contributed by atoms with Crippen molar-refractivity contribution >= 4 is 23.4 Å². The van der Waals surface area contributed by atoms with Crippen LogP contribution < -0.4 is 21.5 Å². The number of aromatic nitrogens is 2. The van der Waals surface area contributed by atoms with Crippen LogP contribution in [0, 0.1) is 5.41 Å². The number of nitrogens with one attached hydrogen (secondary N) is 2. The van der Waals surface area contributed by atoms with Crippen molar-refractivity contribution in [2.75, 3.05) is 49.0 Å². The third-order valence-electron chi connectivity index (χ3n) is 4.60. The number of anilines is 3. The first-order chi connectivity index (χ1) is 13.6. The van der Waals surface area contributed by atoms with Gasteiger partial charge in [0.25, 0.3) is 5.56 Å². The Balaban J connectivity index is 2.19. The van der Waals surface area contributed by atoms with Gasteiger partial charge < -0.3 is 30.2 Å². The van der Waals surface area contributed by atoms with Gasteiger partial charge in [0.2, 0.25) is 5.95 Å². The third-order valence-corrected chi connectivity index (χ3v) is 4.60. The molecule has 0 atom stereocenters. The van der Waals surface area contributed by atoms with E-state index < -0.39 is 5.41 Å². The monoisotopic (exact) mass is 411 g/mol. The SMILES string of the molecule is CC(=O)OCC(CCN1CNc2c1nc(N)[nH]c2=O)(COC(C)C)COC(C)C. The summed E-state index contributed by atoms with van der Waals surface area (Å²) in [7, 11) is 0. The molecular formula is C19H33N5O5. The summed E-state index contributed by atoms with van der Waals surface area (Å²) < 4.78 is 17.2. The molecule has 1 aliphatic rings. The summed E-state index contributed by atoms with van der Waals surface area (Å²) in [4.78, 5) is 32.2. The summed E-state index contributed by atoms with van der Waals surface area (Å²) in [6.07, 6.45) is 0.662. The summed E-state index contributed by atoms with van der Waals surface area (Å²) in [6, 6.07) is 0. The summed E-state index contributed by atoms with van der Waals surface area (Å²) >= 11 is 0. The highest BCUT2D eigenvalue weighted by molar-refractivity contribution is 5.70. The fourth-order valence-corrected chi connectivity index (χ4v) is 2.96. The number of carbonyl (C=O) groups excluding carboxylic acids is 1. The van der Waals surface area contributed by atoms with Gasteiger partial charge in [-0.1, -0.05) is 0 Å². The first kappa shape index (κ1) is 23.0. The van der Waals surface area contributed by atoms with E-state index in [0.717, 1.165) is 0 Å². The lowest BCUT2D eigenvalue weighted by atomic mass is 9.86. The number of esters is 1. The Kier molecular flexibility index (Phi) is 7.86. The zero-order valence-corrected chi connectivity index (χ0v) is 17.9. The van der Waals surface area contributed by atoms with Gasteiger partial charge in [0.05, 0.1) is 37.5 Å². The van der Waals surface area contributed by atoms with Crippen molar-refractivity contribution in [3.05, 3.63) is 10.4 Å². The van der Waals surface area contributed by atoms with Crippen LogP contribution in [0.25, 0.3) is 0 Å². The van der Waals surface area contributed by atoms with Crippen molar-refractivity contribution in [1.82, 2.24) is 9.97 Å². The largest absolute Gasteiger partial charge is 0.465 e. The number of aromatic amines is 1. The van der Waals surface area contributed by atoms with Gasteiger partial charge >= 0.3 is 5.97 Å². The van der Waals surface area contributed by atoms with Gasteiger partial charge in [-0.3, -0.25) is 14.6 Å². The quantitative estimate of drug-likeness (QED) is 0.461. The van der Waals surface area contributed by atoms with Crippen molar-refractivity contribution in [1.29, 1.82) is 0 Å². The number of hydrogen-bond donors (Lipinski definition) is 3. The Hall–Kier alpha value is -2.33. The zero-order chi connectivity index (χ0) is 21.6. The Morgan fingerprint density at radius 2 is 1.83 bits per heavy atom. The normalized spacial score (nSPS) is 13.7. The molecule has 0 saturated carbocycles. The standard InChI is InChI=1S/C19H33N5O5/c1-12(2)27-8-19(9-28-13(3)4,10-29-14(5)25)6-7-24-11-21-15-16(24)22-18(20)23-17(15)26/h12-13,21H,6-11H2,1-5H3,(H3,20,22,23,26). The minimum Gasteiger partial charge on any atom is -0.465 e. The Bertz CT molecular complexity index is 737. The van der Waals surface area contributed by atoms with Crippen LogP contribution in [-0.4, -0.2) is 61.2 Å². The fraction of sp³-hybridized carbons (Fsp3) is 0.737. The van der Waals surface area contributed by atoms with Crippen LogP contribution >= 0.6 is 0 Å². The lowest BCUT2D eigenvalue weighted by molar-refractivity contribution is -0.151. The first-order valence-corrected chi connectivity index (χ1v) is 9.87. The van der Waals surface area contributed by atoms with E-state index in [4.69, 9.17) is 19.9 Å². The molecule has 0 fully saturated rings. The number of fused-ring (bicyclic) bond motifs is 1. The van der Waals surface area contributed by atoms with Crippen LogP contribution in [0.3, 0.4) is 0 Å². The van der Waals surface area contributed by atoms with Crippen LogP contribution in [0.5, 0.6) is 0 Å². The molecular weight excluding hydrogens is 378 g/mol. The second kappa shape index (κ2) is 9.93. The third kappa shape index (κ3) is 6.60. The molecule has 1 aliphatic heterocycles. The van der Waals surface area contributed by atoms with E-state index in [-0.39, 0.29) is 36.3 Å². The highest BCUT2D eigenvalue weighted by Gasteiger charge is 2.35. The lowest BCUT2D eigenvalue weighted by Crippen LogP contribution is -2.42. The second-order valence-electron chi connectivity index (χ2n) is 8.00. The molecule has 1 aromatic rings. The van der Waals surface area contributed by atoms with E-state index in [2.05, 4.69) is 15.3 Å². The molecule has 0 aromatic carbocycles. The summed E-state index contributed by atoms with van der Waals surface area (Å²) in [6.45, 7) is 11.2. The highest BCUT2D eigenvalue weighted by Crippen LogP contribution is 2.30. The Labute approximate surface area is 171 Å². The topological polar surface area (TPSA) is 132 Å². The minimum atomic E-state index is -0.532. The first-order valence-electron chi connectivity index (χ1n) is 9.87. The summed E-state index contributed by atoms with van der Waals surface area (Å²) in [5.41, 5.74) is 5.27. The van der Waals surface area contributed by atoms with Crippen molar-refractivity contribution in [2.24, 2.45) is 5.41 Å². The number of nitrogen functional groups attached to an aromatic ring is 1. The van der Waals surface area contributed by atoms with E-state index in [1.54, 1.807) is 0 Å². The lowest BCUT2D eigenvalue weighted by Gasteiger charge is -2.35. The molecule has 1 aromatic heterocycles. The molecule has 4 N–H and O–H groups in total. The van der Waals surface area contributed by atoms with E-state index in [9.17, 15) is 9.59 Å². The van der Waals surface area contributed by atoms with E-state index in [1.165, 1.54) is 6.92 Å². The molecule has 164 valence electrons. The number of H-pyrrole nitrogens is 1. The molecule has 0 spiro atoms. The van der Waals surface area contributed by atoms with Gasteiger partial charge in [-0.15, -0.1) is 0 Å². The maximum Gasteiger partial charge on any atom is 0.302 e. The van der Waals surface area contributed by atoms with Gasteiger partial charge in [0.15, 0.2) is 5.82 Å². The molecule has 0 unspecified atom stereocenters. The van der Waals surface area contributed by atoms with Crippen LogP contribution in [0.15, 0.2) is 4.79 Å². The molecule has 0 saturated heterocycles. The molecule has 0 bridgehead atoms. The number of nitrogens with two attached hydrogens (primary N) is 1. The average Bonchev–Trinajstić information content (AvgIpc) is 3.03. The van der Waals surface area contributed by atoms with E-state index in [1.807, 2.05) is 32.6 Å². The second-order valence-corrected chi connectivity index (χ2v) is 8.00. The van der Waals surface area contributed by atoms with Crippen LogP contribution in [0.4, 0.5) is 17.5 Å². The number of rotatable bonds is 11. The van der Waals surface area contributed by atoms with E-state index >= 15 is 0 Å². The smallest absolute Gasteiger partial charge is 0.302 e. The fourth-order valence-electron chi connectivity index (χ4n) is 2.96. The number of hydrogen-bond acceptors (Lipinski definition) is 9. The number of carbonyl (C=O) groups is 1. The van der Waals surface area contributed by atoms with Gasteiger partial charge in [-0.2, -0.15) is 4.98 Å². The van der Waals surface area contributed by atoms with Crippen LogP contribution in [0.1, 0.15) is 41.0 Å². The maximum absolute atomic E-state index is 12.0. The molecule has 0 aliphatic carbocycles. The molecule has 2 heterocycles. The predicted octanol–water partition coefficient (Wildman–Crippen LogP) is 1.33. The minimum absolute atomic E-state index is 0.0277. The Morgan fingerprint density at radius 1 is 1.21 bits per heavy atom. The average molecular weight is 412 g/mol. The summed E-state index contributed by atoms with van der Waals surface area (Å²) in [5.74, 6) is 0.236. The van der Waals surface area contributed by atoms with Gasteiger partial charge in [0.1, 0.15) is 12.3 Å². The molecule has 10 nitrogen and oxygen atoms in total. The van der Waals surface area contributed by atoms with Crippen molar-refractivity contribution in [2.45, 2.75) is 53.2 Å². The summed E-state index contributed by atoms with van der Waals surface area (Å²) in [5, 5.41) is 3.05. The maximum atomic E-state index is 12.0. The van der Waals surface area contributed by atoms with Crippen LogP contribution in [0.2, 0.25) is 0 Å². The van der Waals surface area contributed by atoms with Gasteiger partial charge in [0, 0.05) is 13.5 Å². The molecule has 0 radical (unpaired) electrons. The molecule has 2 rings (SSSR count). The van der Waals surface area contributed by atoms with E-state index in [0.29, 0.717) is 44.4 Å². The van der Waals surface area contributed by atoms with Crippen molar-refractivity contribution in [3.63, 3.8) is 0 Å². The number of nitrogens with zero attached hydrogens (tertiary/aromatic N) is 2. The molecule has 10 heteroatoms. The van der Waals surface area contributed by atoms with Crippen molar-refractivity contribution in [3.8, 4) is 0 Å². The molecule has 0 amide bonds. The highest BCUT2D eigenvalue weighted by atomic mass is 16.5. The van der Waals surface area contributed by atoms with Gasteiger partial charge in [-0.05, 0) is 34.1 Å². The van der Waals surface area contributed by atoms with Gasteiger partial charge in [-0.25, -0.2) is 0 Å². The van der Waals surface area contributed by atoms with Crippen LogP contribution in [-0.2, 0) is 19.0 Å². The zero-order valence-electron chi connectivity index (χ0n) is 17.9. The molecule has 29 heavy (non-hydrogen) atoms. The van der Waals surface area contributed by atoms with Crippen molar-refractivity contribution < 1.29 is 19.0 Å². The number of ether oxygens (including phenoxy) is 3. The predicted molar refractivity (Wildman–Crippen MR) is 111 cm³/mol. The Morgan fingerprint density at radius 3 is 2.38 bits per heavy atom.